The van der Waals surface area contributed by atoms with Crippen LogP contribution >= 0.6 is 0 Å². The van der Waals surface area contributed by atoms with Crippen LogP contribution in [0.2, 0.25) is 0 Å². The number of hydrogen-bond acceptors (Lipinski definition) is 1. The Balaban J connectivity index is 2.10. The van der Waals surface area contributed by atoms with Crippen LogP contribution in [-0.2, 0) is 0 Å². The topological polar surface area (TPSA) is 26.0 Å². The zero-order valence-corrected chi connectivity index (χ0v) is 7.64. The van der Waals surface area contributed by atoms with Gasteiger partial charge in [-0.1, -0.05) is 13.8 Å². The number of rotatable bonds is 1. The molecular formula is C10H19N. The third-order valence-electron chi connectivity index (χ3n) is 4.30. The molecule has 3 saturated carbocycles. The Morgan fingerprint density at radius 1 is 1.36 bits per heavy atom. The van der Waals surface area contributed by atoms with Gasteiger partial charge in [0.25, 0.3) is 0 Å². The minimum absolute atomic E-state index is 0.627. The van der Waals surface area contributed by atoms with Crippen LogP contribution < -0.4 is 5.73 Å². The van der Waals surface area contributed by atoms with E-state index < -0.39 is 0 Å². The lowest BCUT2D eigenvalue weighted by Crippen LogP contribution is -2.53. The molecule has 0 radical (unpaired) electrons. The summed E-state index contributed by atoms with van der Waals surface area (Å²) in [5.74, 6) is 2.82. The van der Waals surface area contributed by atoms with Gasteiger partial charge in [-0.05, 0) is 49.0 Å². The summed E-state index contributed by atoms with van der Waals surface area (Å²) < 4.78 is 0. The second kappa shape index (κ2) is 2.22. The summed E-state index contributed by atoms with van der Waals surface area (Å²) in [6, 6.07) is 0. The Morgan fingerprint density at radius 3 is 2.45 bits per heavy atom. The Hall–Kier alpha value is -0.0400. The lowest BCUT2D eigenvalue weighted by molar-refractivity contribution is -0.101. The first-order valence-corrected chi connectivity index (χ1v) is 4.86. The highest BCUT2D eigenvalue weighted by Crippen LogP contribution is 2.60. The van der Waals surface area contributed by atoms with Crippen LogP contribution in [0.15, 0.2) is 0 Å². The fraction of sp³-hybridized carbons (Fsp3) is 1.00. The minimum Gasteiger partial charge on any atom is -0.330 e. The molecule has 0 spiro atoms. The van der Waals surface area contributed by atoms with Crippen molar-refractivity contribution in [3.05, 3.63) is 0 Å². The first kappa shape index (κ1) is 7.60. The van der Waals surface area contributed by atoms with Gasteiger partial charge >= 0.3 is 0 Å². The molecule has 64 valence electrons. The second-order valence-electron chi connectivity index (χ2n) is 4.93. The molecule has 0 amide bonds. The molecule has 2 bridgehead atoms. The van der Waals surface area contributed by atoms with Crippen LogP contribution in [0.25, 0.3) is 0 Å². The highest BCUT2D eigenvalue weighted by Gasteiger charge is 2.53. The summed E-state index contributed by atoms with van der Waals surface area (Å²) >= 11 is 0. The largest absolute Gasteiger partial charge is 0.330 e. The van der Waals surface area contributed by atoms with Crippen molar-refractivity contribution >= 4 is 0 Å². The summed E-state index contributed by atoms with van der Waals surface area (Å²) in [5, 5.41) is 0. The van der Waals surface area contributed by atoms with Crippen LogP contribution in [0, 0.1) is 23.2 Å². The van der Waals surface area contributed by atoms with Gasteiger partial charge in [-0.25, -0.2) is 0 Å². The molecule has 0 saturated heterocycles. The zero-order chi connectivity index (χ0) is 8.06. The van der Waals surface area contributed by atoms with Crippen LogP contribution in [0.4, 0.5) is 0 Å². The fourth-order valence-corrected chi connectivity index (χ4v) is 3.24. The lowest BCUT2D eigenvalue weighted by Gasteiger charge is -2.60. The highest BCUT2D eigenvalue weighted by molar-refractivity contribution is 5.03. The molecule has 0 aromatic carbocycles. The maximum Gasteiger partial charge on any atom is -0.00460 e. The Morgan fingerprint density at radius 2 is 2.09 bits per heavy atom. The molecule has 3 aliphatic carbocycles. The molecule has 0 aromatic heterocycles. The Bertz CT molecular complexity index is 160. The molecule has 11 heavy (non-hydrogen) atoms. The van der Waals surface area contributed by atoms with Crippen molar-refractivity contribution in [1.29, 1.82) is 0 Å². The molecule has 3 fully saturated rings. The van der Waals surface area contributed by atoms with Crippen molar-refractivity contribution in [3.8, 4) is 0 Å². The first-order valence-electron chi connectivity index (χ1n) is 4.86. The van der Waals surface area contributed by atoms with Gasteiger partial charge in [-0.15, -0.1) is 0 Å². The number of hydrogen-bond donors (Lipinski definition) is 1. The standard InChI is InChI=1S/C10H19N/c1-10(2)8-4-3-7(6-11)9(10)5-8/h7-9H,3-6,11H2,1-2H3/t7-,8-,9-/m1/s1. The van der Waals surface area contributed by atoms with E-state index >= 15 is 0 Å². The monoisotopic (exact) mass is 153 g/mol. The smallest absolute Gasteiger partial charge is 0.00460 e. The molecule has 0 aliphatic heterocycles. The molecule has 0 unspecified atom stereocenters. The molecule has 3 atom stereocenters. The summed E-state index contributed by atoms with van der Waals surface area (Å²) in [4.78, 5) is 0. The van der Waals surface area contributed by atoms with Gasteiger partial charge < -0.3 is 5.73 Å². The predicted octanol–water partition coefficient (Wildman–Crippen LogP) is 2.02. The average Bonchev–Trinajstić information content (AvgIpc) is 2.04. The summed E-state index contributed by atoms with van der Waals surface area (Å²) in [6.45, 7) is 5.77. The van der Waals surface area contributed by atoms with Crippen LogP contribution in [0.5, 0.6) is 0 Å². The second-order valence-corrected chi connectivity index (χ2v) is 4.93. The van der Waals surface area contributed by atoms with E-state index in [1.165, 1.54) is 19.3 Å². The summed E-state index contributed by atoms with van der Waals surface area (Å²) in [5.41, 5.74) is 6.37. The van der Waals surface area contributed by atoms with E-state index in [4.69, 9.17) is 5.73 Å². The van der Waals surface area contributed by atoms with Crippen molar-refractivity contribution in [2.24, 2.45) is 28.9 Å². The van der Waals surface area contributed by atoms with Gasteiger partial charge in [0.1, 0.15) is 0 Å². The molecule has 2 N–H and O–H groups in total. The molecule has 0 heterocycles. The van der Waals surface area contributed by atoms with Gasteiger partial charge in [0, 0.05) is 0 Å². The van der Waals surface area contributed by atoms with Gasteiger partial charge in [-0.2, -0.15) is 0 Å². The SMILES string of the molecule is CC1(C)[C@@H]2CC[C@H](CN)[C@H]1C2. The van der Waals surface area contributed by atoms with E-state index in [0.29, 0.717) is 5.41 Å². The molecular weight excluding hydrogens is 134 g/mol. The van der Waals surface area contributed by atoms with Crippen molar-refractivity contribution < 1.29 is 0 Å². The fourth-order valence-electron chi connectivity index (χ4n) is 3.24. The zero-order valence-electron chi connectivity index (χ0n) is 7.64. The third-order valence-corrected chi connectivity index (χ3v) is 4.30. The van der Waals surface area contributed by atoms with Crippen LogP contribution in [0.1, 0.15) is 33.1 Å². The van der Waals surface area contributed by atoms with Crippen LogP contribution in [-0.4, -0.2) is 6.54 Å². The van der Waals surface area contributed by atoms with E-state index in [9.17, 15) is 0 Å². The normalized spacial score (nSPS) is 46.6. The third kappa shape index (κ3) is 0.868. The number of nitrogens with two attached hydrogens (primary N) is 1. The molecule has 1 heteroatoms. The first-order chi connectivity index (χ1) is 5.16. The lowest BCUT2D eigenvalue weighted by atomic mass is 9.45. The highest BCUT2D eigenvalue weighted by atomic mass is 14.6. The quantitative estimate of drug-likeness (QED) is 0.612. The van der Waals surface area contributed by atoms with E-state index in [1.54, 1.807) is 0 Å². The molecule has 1 nitrogen and oxygen atoms in total. The molecule has 3 rings (SSSR count). The van der Waals surface area contributed by atoms with Crippen molar-refractivity contribution in [3.63, 3.8) is 0 Å². The minimum atomic E-state index is 0.627. The van der Waals surface area contributed by atoms with Crippen LogP contribution in [0.3, 0.4) is 0 Å². The van der Waals surface area contributed by atoms with Crippen molar-refractivity contribution in [2.75, 3.05) is 6.54 Å². The van der Waals surface area contributed by atoms with Crippen molar-refractivity contribution in [2.45, 2.75) is 33.1 Å². The van der Waals surface area contributed by atoms with E-state index in [0.717, 1.165) is 24.3 Å². The number of fused-ring (bicyclic) bond motifs is 2. The maximum atomic E-state index is 5.74. The van der Waals surface area contributed by atoms with E-state index in [-0.39, 0.29) is 0 Å². The van der Waals surface area contributed by atoms with Gasteiger partial charge in [0.05, 0.1) is 0 Å². The average molecular weight is 153 g/mol. The summed E-state index contributed by atoms with van der Waals surface area (Å²) in [6.07, 6.45) is 4.30. The Labute approximate surface area is 69.4 Å². The Kier molecular flexibility index (Phi) is 1.54. The molecule has 0 aromatic rings. The maximum absolute atomic E-state index is 5.74. The van der Waals surface area contributed by atoms with Gasteiger partial charge in [0.2, 0.25) is 0 Å². The van der Waals surface area contributed by atoms with E-state index in [1.807, 2.05) is 0 Å². The molecule has 3 aliphatic rings. The predicted molar refractivity (Wildman–Crippen MR) is 47.2 cm³/mol. The van der Waals surface area contributed by atoms with Crippen molar-refractivity contribution in [1.82, 2.24) is 0 Å². The van der Waals surface area contributed by atoms with Gasteiger partial charge in [0.15, 0.2) is 0 Å². The van der Waals surface area contributed by atoms with Gasteiger partial charge in [-0.3, -0.25) is 0 Å². The summed E-state index contributed by atoms with van der Waals surface area (Å²) in [7, 11) is 0. The van der Waals surface area contributed by atoms with E-state index in [2.05, 4.69) is 13.8 Å².